The zero-order valence-corrected chi connectivity index (χ0v) is 21.6. The molecule has 3 saturated heterocycles. The Hall–Kier alpha value is -2.84. The van der Waals surface area contributed by atoms with E-state index in [4.69, 9.17) is 5.73 Å². The molecule has 1 aromatic heterocycles. The Morgan fingerprint density at radius 3 is 2.78 bits per heavy atom. The minimum Gasteiger partial charge on any atom is -0.477 e. The number of aliphatic carboxylic acids is 1. The Balaban J connectivity index is 1.23. The quantitative estimate of drug-likeness (QED) is 0.335. The maximum absolute atomic E-state index is 13.1. The molecule has 4 aliphatic heterocycles. The number of aromatic nitrogens is 4. The van der Waals surface area contributed by atoms with Crippen molar-refractivity contribution in [1.29, 1.82) is 0 Å². The smallest absolute Gasteiger partial charge is 0.353 e. The summed E-state index contributed by atoms with van der Waals surface area (Å²) in [5.41, 5.74) is 5.99. The molecule has 3 fully saturated rings. The predicted molar refractivity (Wildman–Crippen MR) is 132 cm³/mol. The van der Waals surface area contributed by atoms with Crippen molar-refractivity contribution in [3.8, 4) is 0 Å². The molecule has 4 N–H and O–H groups in total. The van der Waals surface area contributed by atoms with Gasteiger partial charge >= 0.3 is 5.97 Å². The molecule has 0 aliphatic carbocycles. The number of thioether (sulfide) groups is 1. The highest BCUT2D eigenvalue weighted by Gasteiger charge is 2.60. The largest absolute Gasteiger partial charge is 0.477 e. The van der Waals surface area contributed by atoms with Crippen LogP contribution in [0.5, 0.6) is 0 Å². The van der Waals surface area contributed by atoms with Crippen molar-refractivity contribution in [2.24, 2.45) is 23.5 Å². The van der Waals surface area contributed by atoms with Gasteiger partial charge in [0.25, 0.3) is 0 Å². The molecule has 2 amide bonds. The molecule has 0 spiro atoms. The number of nitrogens with zero attached hydrogens (tertiary/aromatic N) is 6. The molecule has 37 heavy (non-hydrogen) atoms. The molecule has 0 saturated carbocycles. The van der Waals surface area contributed by atoms with Crippen LogP contribution in [0.1, 0.15) is 33.1 Å². The van der Waals surface area contributed by atoms with E-state index in [2.05, 4.69) is 20.8 Å². The number of rotatable bonds is 9. The summed E-state index contributed by atoms with van der Waals surface area (Å²) in [6, 6.07) is -0.591. The lowest BCUT2D eigenvalue weighted by molar-refractivity contribution is -0.160. The van der Waals surface area contributed by atoms with Crippen LogP contribution in [0.15, 0.2) is 16.9 Å². The fourth-order valence-corrected chi connectivity index (χ4v) is 7.60. The van der Waals surface area contributed by atoms with E-state index in [9.17, 15) is 24.3 Å². The van der Waals surface area contributed by atoms with Crippen LogP contribution in [-0.2, 0) is 25.7 Å². The number of carbonyl (C=O) groups excluding carboxylic acids is 3. The number of fused-ring (bicyclic) bond motifs is 1. The number of nitrogens with one attached hydrogen (secondary N) is 1. The van der Waals surface area contributed by atoms with E-state index in [-0.39, 0.29) is 71.5 Å². The summed E-state index contributed by atoms with van der Waals surface area (Å²) >= 11 is 1.46. The number of carboxylic acids is 1. The van der Waals surface area contributed by atoms with Crippen molar-refractivity contribution in [1.82, 2.24) is 35.3 Å². The predicted octanol–water partition coefficient (Wildman–Crippen LogP) is -0.935. The number of likely N-dealkylation sites (tertiary alicyclic amines) is 1. The summed E-state index contributed by atoms with van der Waals surface area (Å²) in [5.74, 6) is -2.29. The number of β-lactam (4-membered cyclic amide) rings is 1. The Morgan fingerprint density at radius 2 is 2.14 bits per heavy atom. The van der Waals surface area contributed by atoms with Crippen molar-refractivity contribution in [3.05, 3.63) is 16.9 Å². The SMILES string of the molecule is C[C@@H](CC(=O)Cn1cnnn1)[C@H]1C(=O)N2C(C(=O)O)=C(S[C@@H]3CNC(C(=O)N4CC[C@H](N)C4)C3)[C@H](C)[C@H]12. The minimum atomic E-state index is -1.13. The van der Waals surface area contributed by atoms with Crippen LogP contribution in [0.4, 0.5) is 0 Å². The first-order chi connectivity index (χ1) is 17.7. The maximum Gasteiger partial charge on any atom is 0.353 e. The van der Waals surface area contributed by atoms with Gasteiger partial charge in [-0.15, -0.1) is 16.9 Å². The second kappa shape index (κ2) is 10.1. The number of nitrogens with two attached hydrogens (primary N) is 1. The molecule has 4 aliphatic rings. The third-order valence-corrected chi connectivity index (χ3v) is 9.41. The molecule has 13 nitrogen and oxygen atoms in total. The van der Waals surface area contributed by atoms with Gasteiger partial charge in [-0.2, -0.15) is 0 Å². The lowest BCUT2D eigenvalue weighted by Gasteiger charge is -2.47. The molecular weight excluding hydrogens is 500 g/mol. The normalized spacial score (nSPS) is 32.0. The Morgan fingerprint density at radius 1 is 1.35 bits per heavy atom. The molecule has 0 aromatic carbocycles. The molecule has 14 heteroatoms. The van der Waals surface area contributed by atoms with Crippen LogP contribution < -0.4 is 11.1 Å². The first-order valence-corrected chi connectivity index (χ1v) is 13.5. The van der Waals surface area contributed by atoms with Crippen molar-refractivity contribution in [2.75, 3.05) is 19.6 Å². The topological polar surface area (TPSA) is 177 Å². The molecule has 1 unspecified atom stereocenters. The lowest BCUT2D eigenvalue weighted by Crippen LogP contribution is -2.62. The first-order valence-electron chi connectivity index (χ1n) is 12.6. The number of ketones is 1. The van der Waals surface area contributed by atoms with Gasteiger partial charge in [-0.1, -0.05) is 13.8 Å². The van der Waals surface area contributed by atoms with Crippen LogP contribution in [0.2, 0.25) is 0 Å². The minimum absolute atomic E-state index is 0.0135. The molecule has 7 atom stereocenters. The number of Topliss-reactive ketones (excluding diaryl/α,β-unsaturated/α-hetero) is 1. The zero-order valence-electron chi connectivity index (χ0n) is 20.8. The van der Waals surface area contributed by atoms with Crippen LogP contribution in [-0.4, -0.2) is 102 Å². The van der Waals surface area contributed by atoms with Crippen molar-refractivity contribution in [2.45, 2.75) is 63.0 Å². The molecule has 5 heterocycles. The second-order valence-electron chi connectivity index (χ2n) is 10.5. The van der Waals surface area contributed by atoms with Crippen molar-refractivity contribution >= 4 is 35.3 Å². The third-order valence-electron chi connectivity index (χ3n) is 7.90. The van der Waals surface area contributed by atoms with E-state index in [1.807, 2.05) is 13.8 Å². The van der Waals surface area contributed by atoms with Crippen LogP contribution in [0.25, 0.3) is 0 Å². The maximum atomic E-state index is 13.1. The van der Waals surface area contributed by atoms with Gasteiger partial charge in [0.05, 0.1) is 18.0 Å². The van der Waals surface area contributed by atoms with Gasteiger partial charge < -0.3 is 26.0 Å². The van der Waals surface area contributed by atoms with Crippen LogP contribution in [0, 0.1) is 17.8 Å². The average molecular weight is 533 g/mol. The highest BCUT2D eigenvalue weighted by Crippen LogP contribution is 2.53. The van der Waals surface area contributed by atoms with E-state index in [1.165, 1.54) is 27.7 Å². The van der Waals surface area contributed by atoms with Gasteiger partial charge in [-0.25, -0.2) is 9.48 Å². The van der Waals surface area contributed by atoms with E-state index >= 15 is 0 Å². The zero-order chi connectivity index (χ0) is 26.4. The third kappa shape index (κ3) is 4.77. The van der Waals surface area contributed by atoms with Crippen LogP contribution >= 0.6 is 11.8 Å². The standard InChI is InChI=1S/C23H32N8O5S/c1-11(5-14(32)9-30-10-26-27-28-30)17-18-12(2)20(19(23(35)36)31(18)22(17)34)37-15-6-16(25-7-15)21(33)29-4-3-13(24)8-29/h10-13,15-18,25H,3-9,24H2,1-2H3,(H,35,36)/t11-,12+,13-,15-,16?,17+,18+/m0/s1. The summed E-state index contributed by atoms with van der Waals surface area (Å²) < 4.78 is 1.34. The first kappa shape index (κ1) is 25.8. The van der Waals surface area contributed by atoms with Gasteiger partial charge in [-0.3, -0.25) is 14.4 Å². The summed E-state index contributed by atoms with van der Waals surface area (Å²) in [5, 5.41) is 24.1. The number of hydrogen-bond acceptors (Lipinski definition) is 10. The van der Waals surface area contributed by atoms with Gasteiger partial charge in [0.2, 0.25) is 11.8 Å². The van der Waals surface area contributed by atoms with Gasteiger partial charge in [-0.05, 0) is 29.2 Å². The van der Waals surface area contributed by atoms with Gasteiger partial charge in [0.15, 0.2) is 5.78 Å². The summed E-state index contributed by atoms with van der Waals surface area (Å²) in [6.45, 7) is 5.64. The number of carboxylic acid groups (broad SMARTS) is 1. The van der Waals surface area contributed by atoms with Gasteiger partial charge in [0, 0.05) is 48.2 Å². The summed E-state index contributed by atoms with van der Waals surface area (Å²) in [7, 11) is 0. The lowest BCUT2D eigenvalue weighted by atomic mass is 9.73. The highest BCUT2D eigenvalue weighted by atomic mass is 32.2. The van der Waals surface area contributed by atoms with Crippen LogP contribution in [0.3, 0.4) is 0 Å². The number of hydrogen-bond donors (Lipinski definition) is 3. The average Bonchev–Trinajstić information content (AvgIpc) is 3.63. The molecule has 0 radical (unpaired) electrons. The summed E-state index contributed by atoms with van der Waals surface area (Å²) in [6.07, 6.45) is 2.93. The molecule has 1 aromatic rings. The Labute approximate surface area is 218 Å². The summed E-state index contributed by atoms with van der Waals surface area (Å²) in [4.78, 5) is 54.6. The molecular formula is C23H32N8O5S. The Bertz CT molecular complexity index is 1130. The van der Waals surface area contributed by atoms with E-state index in [0.29, 0.717) is 31.0 Å². The molecule has 0 bridgehead atoms. The van der Waals surface area contributed by atoms with Gasteiger partial charge in [0.1, 0.15) is 18.6 Å². The van der Waals surface area contributed by atoms with Crippen molar-refractivity contribution < 1.29 is 24.3 Å². The van der Waals surface area contributed by atoms with E-state index in [0.717, 1.165) is 6.42 Å². The fraction of sp³-hybridized carbons (Fsp3) is 0.696. The second-order valence-corrected chi connectivity index (χ2v) is 11.9. The Kier molecular flexibility index (Phi) is 7.07. The number of tetrazole rings is 1. The number of carbonyl (C=O) groups is 4. The van der Waals surface area contributed by atoms with E-state index < -0.39 is 11.9 Å². The van der Waals surface area contributed by atoms with E-state index in [1.54, 1.807) is 4.90 Å². The number of amides is 2. The fourth-order valence-electron chi connectivity index (χ4n) is 6.12. The molecule has 5 rings (SSSR count). The highest BCUT2D eigenvalue weighted by molar-refractivity contribution is 8.03. The molecule has 200 valence electrons. The monoisotopic (exact) mass is 532 g/mol. The van der Waals surface area contributed by atoms with Crippen molar-refractivity contribution in [3.63, 3.8) is 0 Å².